The monoisotopic (exact) mass is 485 g/mol. The average Bonchev–Trinajstić information content (AvgIpc) is 3.16. The highest BCUT2D eigenvalue weighted by molar-refractivity contribution is 6.30. The minimum absolute atomic E-state index is 0.0702. The number of amides is 1. The smallest absolute Gasteiger partial charge is 0.227 e. The minimum Gasteiger partial charge on any atom is -0.381 e. The van der Waals surface area contributed by atoms with Crippen molar-refractivity contribution >= 4 is 28.9 Å². The third-order valence-electron chi connectivity index (χ3n) is 6.15. The zero-order chi connectivity index (χ0) is 24.2. The fourth-order valence-corrected chi connectivity index (χ4v) is 4.37. The standard InChI is InChI=1S/C26H29ClFN3O3/c1-15(12-18-4-6-21(27)22(28)13-18)26(32)30-24-14-19(25-16(2)31-34-17(25)3)5-7-23(24)29-20-8-10-33-11-9-20/h4-7,13-15,20,29H,8-12H2,1-3H3,(H,30,32). The zero-order valence-corrected chi connectivity index (χ0v) is 20.3. The van der Waals surface area contributed by atoms with Crippen LogP contribution in [0.15, 0.2) is 40.9 Å². The lowest BCUT2D eigenvalue weighted by Crippen LogP contribution is -2.29. The maximum Gasteiger partial charge on any atom is 0.227 e. The molecule has 1 aromatic heterocycles. The van der Waals surface area contributed by atoms with Crippen LogP contribution >= 0.6 is 11.6 Å². The van der Waals surface area contributed by atoms with Crippen LogP contribution in [0.4, 0.5) is 15.8 Å². The molecule has 1 atom stereocenters. The maximum absolute atomic E-state index is 13.8. The Morgan fingerprint density at radius 2 is 1.94 bits per heavy atom. The van der Waals surface area contributed by atoms with Crippen molar-refractivity contribution in [3.8, 4) is 11.1 Å². The average molecular weight is 486 g/mol. The van der Waals surface area contributed by atoms with Gasteiger partial charge in [0.2, 0.25) is 5.91 Å². The number of nitrogens with zero attached hydrogens (tertiary/aromatic N) is 1. The van der Waals surface area contributed by atoms with E-state index in [1.54, 1.807) is 6.07 Å². The van der Waals surface area contributed by atoms with Gasteiger partial charge in [-0.05, 0) is 68.5 Å². The molecule has 0 saturated carbocycles. The highest BCUT2D eigenvalue weighted by Crippen LogP contribution is 2.34. The number of hydrogen-bond donors (Lipinski definition) is 2. The van der Waals surface area contributed by atoms with E-state index < -0.39 is 5.82 Å². The molecule has 1 unspecified atom stereocenters. The van der Waals surface area contributed by atoms with Gasteiger partial charge in [-0.3, -0.25) is 4.79 Å². The van der Waals surface area contributed by atoms with Crippen molar-refractivity contribution in [2.24, 2.45) is 5.92 Å². The summed E-state index contributed by atoms with van der Waals surface area (Å²) in [6.07, 6.45) is 2.20. The van der Waals surface area contributed by atoms with Gasteiger partial charge in [0, 0.05) is 30.7 Å². The van der Waals surface area contributed by atoms with E-state index in [0.717, 1.165) is 46.7 Å². The minimum atomic E-state index is -0.484. The first-order valence-electron chi connectivity index (χ1n) is 11.5. The third kappa shape index (κ3) is 5.59. The molecule has 0 spiro atoms. The van der Waals surface area contributed by atoms with E-state index in [4.69, 9.17) is 20.9 Å². The quantitative estimate of drug-likeness (QED) is 0.419. The summed E-state index contributed by atoms with van der Waals surface area (Å²) < 4.78 is 24.6. The number of aromatic nitrogens is 1. The number of carbonyl (C=O) groups is 1. The van der Waals surface area contributed by atoms with E-state index >= 15 is 0 Å². The Labute approximate surface area is 203 Å². The fraction of sp³-hybridized carbons (Fsp3) is 0.385. The van der Waals surface area contributed by atoms with Crippen molar-refractivity contribution in [3.63, 3.8) is 0 Å². The van der Waals surface area contributed by atoms with Gasteiger partial charge in [0.15, 0.2) is 0 Å². The number of carbonyl (C=O) groups excluding carboxylic acids is 1. The highest BCUT2D eigenvalue weighted by atomic mass is 35.5. The lowest BCUT2D eigenvalue weighted by Gasteiger charge is -2.26. The second kappa shape index (κ2) is 10.6. The summed E-state index contributed by atoms with van der Waals surface area (Å²) in [6.45, 7) is 7.02. The topological polar surface area (TPSA) is 76.4 Å². The van der Waals surface area contributed by atoms with Crippen LogP contribution in [-0.4, -0.2) is 30.3 Å². The molecule has 4 rings (SSSR count). The maximum atomic E-state index is 13.8. The molecule has 1 aliphatic heterocycles. The molecular weight excluding hydrogens is 457 g/mol. The SMILES string of the molecule is Cc1noc(C)c1-c1ccc(NC2CCOCC2)c(NC(=O)C(C)Cc2ccc(Cl)c(F)c2)c1. The van der Waals surface area contributed by atoms with Gasteiger partial charge in [-0.1, -0.05) is 35.8 Å². The van der Waals surface area contributed by atoms with E-state index in [-0.39, 0.29) is 22.9 Å². The Balaban J connectivity index is 1.58. The number of ether oxygens (including phenoxy) is 1. The molecule has 8 heteroatoms. The summed E-state index contributed by atoms with van der Waals surface area (Å²) in [5.74, 6) is -0.291. The molecule has 1 saturated heterocycles. The van der Waals surface area contributed by atoms with E-state index in [2.05, 4.69) is 15.8 Å². The second-order valence-electron chi connectivity index (χ2n) is 8.83. The zero-order valence-electron chi connectivity index (χ0n) is 19.6. The molecule has 6 nitrogen and oxygen atoms in total. The molecule has 0 aliphatic carbocycles. The van der Waals surface area contributed by atoms with Crippen LogP contribution in [-0.2, 0) is 16.0 Å². The van der Waals surface area contributed by atoms with Crippen molar-refractivity contribution < 1.29 is 18.4 Å². The van der Waals surface area contributed by atoms with Crippen LogP contribution in [0, 0.1) is 25.6 Å². The largest absolute Gasteiger partial charge is 0.381 e. The summed E-state index contributed by atoms with van der Waals surface area (Å²) in [5.41, 5.74) is 4.87. The van der Waals surface area contributed by atoms with Crippen molar-refractivity contribution in [1.82, 2.24) is 5.16 Å². The van der Waals surface area contributed by atoms with Crippen LogP contribution in [0.1, 0.15) is 36.8 Å². The Hall–Kier alpha value is -2.90. The summed E-state index contributed by atoms with van der Waals surface area (Å²) >= 11 is 5.78. The van der Waals surface area contributed by atoms with Gasteiger partial charge in [0.05, 0.1) is 22.1 Å². The van der Waals surface area contributed by atoms with E-state index in [1.165, 1.54) is 12.1 Å². The van der Waals surface area contributed by atoms with Gasteiger partial charge >= 0.3 is 0 Å². The highest BCUT2D eigenvalue weighted by Gasteiger charge is 2.20. The fourth-order valence-electron chi connectivity index (χ4n) is 4.25. The number of aryl methyl sites for hydroxylation is 2. The van der Waals surface area contributed by atoms with Gasteiger partial charge in [0.25, 0.3) is 0 Å². The van der Waals surface area contributed by atoms with Crippen LogP contribution in [0.2, 0.25) is 5.02 Å². The third-order valence-corrected chi connectivity index (χ3v) is 6.46. The van der Waals surface area contributed by atoms with Gasteiger partial charge < -0.3 is 19.9 Å². The van der Waals surface area contributed by atoms with Gasteiger partial charge in [-0.15, -0.1) is 0 Å². The first kappa shape index (κ1) is 24.2. The Morgan fingerprint density at radius 1 is 1.18 bits per heavy atom. The molecule has 0 radical (unpaired) electrons. The predicted molar refractivity (Wildman–Crippen MR) is 132 cm³/mol. The van der Waals surface area contributed by atoms with Crippen LogP contribution in [0.25, 0.3) is 11.1 Å². The summed E-state index contributed by atoms with van der Waals surface area (Å²) in [7, 11) is 0. The van der Waals surface area contributed by atoms with Crippen molar-refractivity contribution in [2.75, 3.05) is 23.8 Å². The normalized spacial score (nSPS) is 15.2. The van der Waals surface area contributed by atoms with E-state index in [0.29, 0.717) is 25.3 Å². The molecule has 2 heterocycles. The molecule has 2 N–H and O–H groups in total. The molecular formula is C26H29ClFN3O3. The summed E-state index contributed by atoms with van der Waals surface area (Å²) in [4.78, 5) is 13.1. The Bertz CT molecular complexity index is 1150. The van der Waals surface area contributed by atoms with Crippen LogP contribution < -0.4 is 10.6 Å². The van der Waals surface area contributed by atoms with Crippen molar-refractivity contribution in [2.45, 2.75) is 46.1 Å². The van der Waals surface area contributed by atoms with Gasteiger partial charge in [-0.25, -0.2) is 4.39 Å². The number of halogens is 2. The van der Waals surface area contributed by atoms with Crippen molar-refractivity contribution in [3.05, 3.63) is 64.3 Å². The van der Waals surface area contributed by atoms with Crippen molar-refractivity contribution in [1.29, 1.82) is 0 Å². The molecule has 1 aliphatic rings. The molecule has 0 bridgehead atoms. The van der Waals surface area contributed by atoms with Crippen LogP contribution in [0.5, 0.6) is 0 Å². The molecule has 34 heavy (non-hydrogen) atoms. The molecule has 1 amide bonds. The number of hydrogen-bond acceptors (Lipinski definition) is 5. The summed E-state index contributed by atoms with van der Waals surface area (Å²) in [6, 6.07) is 10.8. The molecule has 1 fully saturated rings. The molecule has 180 valence electrons. The number of nitrogens with one attached hydrogen (secondary N) is 2. The Kier molecular flexibility index (Phi) is 7.54. The first-order valence-corrected chi connectivity index (χ1v) is 11.9. The van der Waals surface area contributed by atoms with Gasteiger partial charge in [0.1, 0.15) is 11.6 Å². The molecule has 3 aromatic rings. The number of anilines is 2. The second-order valence-corrected chi connectivity index (χ2v) is 9.24. The Morgan fingerprint density at radius 3 is 2.62 bits per heavy atom. The lowest BCUT2D eigenvalue weighted by atomic mass is 9.99. The number of benzene rings is 2. The number of rotatable bonds is 7. The summed E-state index contributed by atoms with van der Waals surface area (Å²) in [5, 5.41) is 10.8. The van der Waals surface area contributed by atoms with E-state index in [9.17, 15) is 9.18 Å². The first-order chi connectivity index (χ1) is 16.3. The molecule has 2 aromatic carbocycles. The van der Waals surface area contributed by atoms with E-state index in [1.807, 2.05) is 39.0 Å². The van der Waals surface area contributed by atoms with Gasteiger partial charge in [-0.2, -0.15) is 0 Å². The lowest BCUT2D eigenvalue weighted by molar-refractivity contribution is -0.119. The van der Waals surface area contributed by atoms with Crippen LogP contribution in [0.3, 0.4) is 0 Å². The predicted octanol–water partition coefficient (Wildman–Crippen LogP) is 6.16.